The van der Waals surface area contributed by atoms with Gasteiger partial charge in [-0.05, 0) is 30.6 Å². The van der Waals surface area contributed by atoms with Crippen LogP contribution in [0.4, 0.5) is 0 Å². The fourth-order valence-electron chi connectivity index (χ4n) is 3.59. The summed E-state index contributed by atoms with van der Waals surface area (Å²) in [5, 5.41) is 9.87. The number of rotatable bonds is 12. The van der Waals surface area contributed by atoms with Crippen molar-refractivity contribution in [1.82, 2.24) is 0 Å². The Kier molecular flexibility index (Phi) is 10.6. The van der Waals surface area contributed by atoms with Crippen molar-refractivity contribution in [3.05, 3.63) is 0 Å². The van der Waals surface area contributed by atoms with E-state index in [9.17, 15) is 5.26 Å². The van der Waals surface area contributed by atoms with Crippen molar-refractivity contribution in [1.29, 1.82) is 0 Å². The topological polar surface area (TPSA) is 29.5 Å². The smallest absolute Gasteiger partial charge is 0.111 e. The van der Waals surface area contributed by atoms with Crippen LogP contribution in [-0.4, -0.2) is 10.9 Å². The maximum Gasteiger partial charge on any atom is 0.111 e. The monoisotopic (exact) mass is 300 g/mol. The van der Waals surface area contributed by atoms with Gasteiger partial charge in [-0.1, -0.05) is 86.5 Å². The highest BCUT2D eigenvalue weighted by atomic mass is 17.1. The first-order valence-corrected chi connectivity index (χ1v) is 9.22. The van der Waals surface area contributed by atoms with E-state index < -0.39 is 5.60 Å². The lowest BCUT2D eigenvalue weighted by molar-refractivity contribution is -0.368. The van der Waals surface area contributed by atoms with Crippen LogP contribution in [-0.2, 0) is 4.89 Å². The Morgan fingerprint density at radius 2 is 1.33 bits per heavy atom. The van der Waals surface area contributed by atoms with Gasteiger partial charge in [0.05, 0.1) is 0 Å². The van der Waals surface area contributed by atoms with Crippen molar-refractivity contribution in [2.24, 2.45) is 11.3 Å². The first kappa shape index (κ1) is 20.9. The van der Waals surface area contributed by atoms with Crippen molar-refractivity contribution >= 4 is 0 Å². The molecule has 0 aromatic carbocycles. The molecule has 0 aromatic heterocycles. The van der Waals surface area contributed by atoms with E-state index in [1.165, 1.54) is 44.9 Å². The summed E-state index contributed by atoms with van der Waals surface area (Å²) >= 11 is 0. The molecule has 0 heterocycles. The van der Waals surface area contributed by atoms with Crippen LogP contribution in [0.3, 0.4) is 0 Å². The van der Waals surface area contributed by atoms with Gasteiger partial charge in [0.1, 0.15) is 5.60 Å². The Morgan fingerprint density at radius 3 is 1.76 bits per heavy atom. The van der Waals surface area contributed by atoms with E-state index in [1.807, 2.05) is 0 Å². The van der Waals surface area contributed by atoms with Crippen molar-refractivity contribution in [2.75, 3.05) is 0 Å². The molecule has 0 aliphatic rings. The minimum Gasteiger partial charge on any atom is -0.251 e. The molecule has 1 N–H and O–H groups in total. The van der Waals surface area contributed by atoms with Crippen LogP contribution >= 0.6 is 0 Å². The van der Waals surface area contributed by atoms with Crippen LogP contribution in [0.5, 0.6) is 0 Å². The molecule has 0 rings (SSSR count). The second-order valence-corrected chi connectivity index (χ2v) is 7.67. The maximum absolute atomic E-state index is 9.87. The molecule has 2 atom stereocenters. The molecule has 0 aromatic rings. The SMILES string of the molecule is CCCCCC(CCCC)C(CCCC)(OO)C(C)(C)C. The zero-order valence-corrected chi connectivity index (χ0v) is 15.5. The molecule has 21 heavy (non-hydrogen) atoms. The summed E-state index contributed by atoms with van der Waals surface area (Å²) in [6.07, 6.45) is 11.8. The van der Waals surface area contributed by atoms with E-state index in [0.717, 1.165) is 19.3 Å². The summed E-state index contributed by atoms with van der Waals surface area (Å²) in [4.78, 5) is 5.29. The van der Waals surface area contributed by atoms with Gasteiger partial charge in [-0.2, -0.15) is 0 Å². The lowest BCUT2D eigenvalue weighted by Crippen LogP contribution is -2.51. The third-order valence-corrected chi connectivity index (χ3v) is 5.06. The molecular formula is C19H40O2. The van der Waals surface area contributed by atoms with E-state index in [0.29, 0.717) is 5.92 Å². The van der Waals surface area contributed by atoms with E-state index in [2.05, 4.69) is 41.5 Å². The highest BCUT2D eigenvalue weighted by molar-refractivity contribution is 4.97. The lowest BCUT2D eigenvalue weighted by Gasteiger charge is -2.48. The highest BCUT2D eigenvalue weighted by Crippen LogP contribution is 2.47. The second-order valence-electron chi connectivity index (χ2n) is 7.67. The minimum absolute atomic E-state index is 0.0401. The van der Waals surface area contributed by atoms with Crippen molar-refractivity contribution in [3.8, 4) is 0 Å². The van der Waals surface area contributed by atoms with Crippen molar-refractivity contribution in [2.45, 2.75) is 111 Å². The highest BCUT2D eigenvalue weighted by Gasteiger charge is 2.48. The van der Waals surface area contributed by atoms with E-state index >= 15 is 0 Å². The molecule has 128 valence electrons. The molecule has 0 spiro atoms. The van der Waals surface area contributed by atoms with E-state index in [1.54, 1.807) is 0 Å². The Hall–Kier alpha value is -0.0800. The predicted molar refractivity (Wildman–Crippen MR) is 92.6 cm³/mol. The molecule has 2 heteroatoms. The normalized spacial score (nSPS) is 16.7. The van der Waals surface area contributed by atoms with Crippen LogP contribution in [0.25, 0.3) is 0 Å². The first-order chi connectivity index (χ1) is 9.89. The van der Waals surface area contributed by atoms with Crippen LogP contribution in [0, 0.1) is 11.3 Å². The molecule has 2 nitrogen and oxygen atoms in total. The Morgan fingerprint density at radius 1 is 0.810 bits per heavy atom. The minimum atomic E-state index is -0.397. The van der Waals surface area contributed by atoms with Gasteiger partial charge in [-0.3, -0.25) is 5.26 Å². The van der Waals surface area contributed by atoms with Gasteiger partial charge in [-0.15, -0.1) is 0 Å². The van der Waals surface area contributed by atoms with Gasteiger partial charge < -0.3 is 0 Å². The largest absolute Gasteiger partial charge is 0.251 e. The first-order valence-electron chi connectivity index (χ1n) is 9.22. The third kappa shape index (κ3) is 6.28. The molecule has 0 bridgehead atoms. The zero-order valence-electron chi connectivity index (χ0n) is 15.5. The van der Waals surface area contributed by atoms with Gasteiger partial charge in [0.15, 0.2) is 0 Å². The van der Waals surface area contributed by atoms with Crippen LogP contribution in [0.2, 0.25) is 0 Å². The Bertz CT molecular complexity index is 244. The standard InChI is InChI=1S/C19H40O2/c1-7-10-13-15-17(14-11-8-2)19(21-20,16-12-9-3)18(4,5)6/h17,20H,7-16H2,1-6H3. The molecule has 0 aliphatic heterocycles. The average Bonchev–Trinajstić information content (AvgIpc) is 2.43. The summed E-state index contributed by atoms with van der Waals surface area (Å²) in [6, 6.07) is 0. The maximum atomic E-state index is 9.87. The second kappa shape index (κ2) is 10.6. The van der Waals surface area contributed by atoms with Crippen molar-refractivity contribution in [3.63, 3.8) is 0 Å². The Balaban J connectivity index is 5.20. The fraction of sp³-hybridized carbons (Fsp3) is 1.00. The number of hydrogen-bond donors (Lipinski definition) is 1. The average molecular weight is 301 g/mol. The van der Waals surface area contributed by atoms with Crippen LogP contribution < -0.4 is 0 Å². The summed E-state index contributed by atoms with van der Waals surface area (Å²) in [7, 11) is 0. The third-order valence-electron chi connectivity index (χ3n) is 5.06. The summed E-state index contributed by atoms with van der Waals surface area (Å²) in [6.45, 7) is 13.4. The van der Waals surface area contributed by atoms with Gasteiger partial charge in [0, 0.05) is 0 Å². The number of unbranched alkanes of at least 4 members (excludes halogenated alkanes) is 4. The van der Waals surface area contributed by atoms with E-state index in [-0.39, 0.29) is 5.41 Å². The fourth-order valence-corrected chi connectivity index (χ4v) is 3.59. The summed E-state index contributed by atoms with van der Waals surface area (Å²) in [5.41, 5.74) is -0.437. The molecule has 0 saturated heterocycles. The molecule has 0 fully saturated rings. The molecule has 0 amide bonds. The quantitative estimate of drug-likeness (QED) is 0.243. The van der Waals surface area contributed by atoms with E-state index in [4.69, 9.17) is 4.89 Å². The molecule has 0 aliphatic carbocycles. The Labute approximate surface area is 133 Å². The van der Waals surface area contributed by atoms with Gasteiger partial charge in [0.25, 0.3) is 0 Å². The molecule has 0 saturated carbocycles. The lowest BCUT2D eigenvalue weighted by atomic mass is 9.64. The molecule has 2 unspecified atom stereocenters. The van der Waals surface area contributed by atoms with Gasteiger partial charge in [0.2, 0.25) is 0 Å². The predicted octanol–water partition coefficient (Wildman–Crippen LogP) is 6.84. The summed E-state index contributed by atoms with van der Waals surface area (Å²) < 4.78 is 0. The van der Waals surface area contributed by atoms with Gasteiger partial charge in [-0.25, -0.2) is 4.89 Å². The van der Waals surface area contributed by atoms with Gasteiger partial charge >= 0.3 is 0 Å². The molecular weight excluding hydrogens is 260 g/mol. The zero-order chi connectivity index (χ0) is 16.4. The van der Waals surface area contributed by atoms with Crippen LogP contribution in [0.15, 0.2) is 0 Å². The summed E-state index contributed by atoms with van der Waals surface area (Å²) in [5.74, 6) is 0.459. The number of hydrogen-bond acceptors (Lipinski definition) is 2. The van der Waals surface area contributed by atoms with Crippen molar-refractivity contribution < 1.29 is 10.1 Å². The van der Waals surface area contributed by atoms with Crippen LogP contribution in [0.1, 0.15) is 106 Å². The molecule has 0 radical (unpaired) electrons.